The number of rotatable bonds is 6. The Morgan fingerprint density at radius 1 is 1.21 bits per heavy atom. The fourth-order valence-corrected chi connectivity index (χ4v) is 5.84. The van der Waals surface area contributed by atoms with Gasteiger partial charge in [0.05, 0.1) is 28.5 Å². The maximum absolute atomic E-state index is 13.3. The standard InChI is InChI=1S/C20H18F3N5O3S2/c21-20(22,23)14-4-1-5-16(9-14)28-18(13-3-2-7-24-10-13)26-27-19(28)32-11-17(29)25-15-6-8-33(30,31)12-15/h1-5,7,9-10,15H,6,8,11-12H2,(H,25,29). The Kier molecular flexibility index (Phi) is 6.43. The minimum Gasteiger partial charge on any atom is -0.352 e. The lowest BCUT2D eigenvalue weighted by molar-refractivity contribution is -0.137. The highest BCUT2D eigenvalue weighted by Crippen LogP contribution is 2.33. The zero-order chi connectivity index (χ0) is 23.6. The normalized spacial score (nSPS) is 17.7. The van der Waals surface area contributed by atoms with Crippen molar-refractivity contribution in [2.24, 2.45) is 0 Å². The van der Waals surface area contributed by atoms with Crippen LogP contribution in [-0.2, 0) is 20.8 Å². The zero-order valence-electron chi connectivity index (χ0n) is 17.0. The van der Waals surface area contributed by atoms with Crippen molar-refractivity contribution in [3.8, 4) is 17.1 Å². The van der Waals surface area contributed by atoms with Crippen molar-refractivity contribution in [1.82, 2.24) is 25.1 Å². The van der Waals surface area contributed by atoms with Gasteiger partial charge in [0.1, 0.15) is 0 Å². The highest BCUT2D eigenvalue weighted by Gasteiger charge is 2.31. The number of halogens is 3. The van der Waals surface area contributed by atoms with Crippen LogP contribution in [0.1, 0.15) is 12.0 Å². The molecule has 2 aromatic heterocycles. The number of carbonyl (C=O) groups excluding carboxylic acids is 1. The summed E-state index contributed by atoms with van der Waals surface area (Å²) in [5, 5.41) is 11.1. The van der Waals surface area contributed by atoms with Gasteiger partial charge in [0.15, 0.2) is 20.8 Å². The fourth-order valence-electron chi connectivity index (χ4n) is 3.41. The summed E-state index contributed by atoms with van der Waals surface area (Å²) in [6, 6.07) is 7.64. The first kappa shape index (κ1) is 23.2. The summed E-state index contributed by atoms with van der Waals surface area (Å²) >= 11 is 0.988. The van der Waals surface area contributed by atoms with Gasteiger partial charge in [0.2, 0.25) is 5.91 Å². The first-order valence-corrected chi connectivity index (χ1v) is 12.6. The number of benzene rings is 1. The monoisotopic (exact) mass is 497 g/mol. The topological polar surface area (TPSA) is 107 Å². The van der Waals surface area contributed by atoms with Crippen molar-refractivity contribution < 1.29 is 26.4 Å². The van der Waals surface area contributed by atoms with Crippen LogP contribution in [0.5, 0.6) is 0 Å². The van der Waals surface area contributed by atoms with Gasteiger partial charge in [-0.2, -0.15) is 13.2 Å². The van der Waals surface area contributed by atoms with E-state index in [1.165, 1.54) is 22.9 Å². The summed E-state index contributed by atoms with van der Waals surface area (Å²) in [4.78, 5) is 16.4. The maximum atomic E-state index is 13.3. The predicted molar refractivity (Wildman–Crippen MR) is 116 cm³/mol. The number of nitrogens with one attached hydrogen (secondary N) is 1. The number of hydrogen-bond donors (Lipinski definition) is 1. The van der Waals surface area contributed by atoms with Crippen LogP contribution in [0, 0.1) is 0 Å². The molecule has 0 spiro atoms. The molecular formula is C20H18F3N5O3S2. The summed E-state index contributed by atoms with van der Waals surface area (Å²) in [6.07, 6.45) is -1.12. The van der Waals surface area contributed by atoms with E-state index in [1.54, 1.807) is 18.3 Å². The second kappa shape index (κ2) is 9.14. The van der Waals surface area contributed by atoms with Crippen molar-refractivity contribution in [1.29, 1.82) is 0 Å². The summed E-state index contributed by atoms with van der Waals surface area (Å²) in [5.41, 5.74) is -0.115. The van der Waals surface area contributed by atoms with Crippen molar-refractivity contribution in [3.05, 3.63) is 54.4 Å². The summed E-state index contributed by atoms with van der Waals surface area (Å²) in [6.45, 7) is 0. The zero-order valence-corrected chi connectivity index (χ0v) is 18.6. The number of nitrogens with zero attached hydrogens (tertiary/aromatic N) is 4. The quantitative estimate of drug-likeness (QED) is 0.522. The van der Waals surface area contributed by atoms with Crippen molar-refractivity contribution in [2.45, 2.75) is 23.8 Å². The van der Waals surface area contributed by atoms with Crippen LogP contribution in [-0.4, -0.2) is 57.4 Å². The molecule has 1 aliphatic heterocycles. The Morgan fingerprint density at radius 3 is 2.70 bits per heavy atom. The Morgan fingerprint density at radius 2 is 2.03 bits per heavy atom. The molecule has 1 aromatic carbocycles. The average Bonchev–Trinajstić information content (AvgIpc) is 3.35. The van der Waals surface area contributed by atoms with E-state index in [2.05, 4.69) is 20.5 Å². The fraction of sp³-hybridized carbons (Fsp3) is 0.300. The van der Waals surface area contributed by atoms with E-state index >= 15 is 0 Å². The Bertz CT molecular complexity index is 1260. The van der Waals surface area contributed by atoms with E-state index in [0.717, 1.165) is 23.9 Å². The molecule has 0 bridgehead atoms. The third kappa shape index (κ3) is 5.53. The number of thioether (sulfide) groups is 1. The van der Waals surface area contributed by atoms with Gasteiger partial charge in [-0.25, -0.2) is 8.42 Å². The van der Waals surface area contributed by atoms with Crippen molar-refractivity contribution >= 4 is 27.5 Å². The van der Waals surface area contributed by atoms with Crippen LogP contribution in [0.4, 0.5) is 13.2 Å². The Balaban J connectivity index is 1.61. The van der Waals surface area contributed by atoms with E-state index in [4.69, 9.17) is 0 Å². The van der Waals surface area contributed by atoms with Gasteiger partial charge in [-0.15, -0.1) is 10.2 Å². The molecule has 3 aromatic rings. The molecule has 1 unspecified atom stereocenters. The molecule has 13 heteroatoms. The molecule has 0 saturated carbocycles. The average molecular weight is 498 g/mol. The molecule has 0 radical (unpaired) electrons. The van der Waals surface area contributed by atoms with Crippen LogP contribution in [0.3, 0.4) is 0 Å². The second-order valence-corrected chi connectivity index (χ2v) is 10.6. The summed E-state index contributed by atoms with van der Waals surface area (Å²) in [5.74, 6) is -0.310. The number of sulfone groups is 1. The molecule has 1 atom stereocenters. The van der Waals surface area contributed by atoms with Gasteiger partial charge in [-0.05, 0) is 36.8 Å². The maximum Gasteiger partial charge on any atom is 0.416 e. The first-order valence-electron chi connectivity index (χ1n) is 9.78. The van der Waals surface area contributed by atoms with E-state index in [-0.39, 0.29) is 33.9 Å². The number of alkyl halides is 3. The van der Waals surface area contributed by atoms with Crippen LogP contribution in [0.2, 0.25) is 0 Å². The molecule has 3 heterocycles. The lowest BCUT2D eigenvalue weighted by Gasteiger charge is -2.14. The molecule has 4 rings (SSSR count). The smallest absolute Gasteiger partial charge is 0.352 e. The van der Waals surface area contributed by atoms with E-state index < -0.39 is 33.5 Å². The van der Waals surface area contributed by atoms with E-state index in [0.29, 0.717) is 12.0 Å². The number of amides is 1. The highest BCUT2D eigenvalue weighted by molar-refractivity contribution is 7.99. The summed E-state index contributed by atoms with van der Waals surface area (Å²) in [7, 11) is -3.14. The van der Waals surface area contributed by atoms with Crippen LogP contribution < -0.4 is 5.32 Å². The number of hydrogen-bond acceptors (Lipinski definition) is 7. The second-order valence-electron chi connectivity index (χ2n) is 7.39. The third-order valence-electron chi connectivity index (χ3n) is 4.91. The minimum absolute atomic E-state index is 0.0312. The molecule has 1 amide bonds. The third-order valence-corrected chi connectivity index (χ3v) is 7.61. The predicted octanol–water partition coefficient (Wildman–Crippen LogP) is 2.74. The van der Waals surface area contributed by atoms with Crippen molar-refractivity contribution in [3.63, 3.8) is 0 Å². The Labute approximate surface area is 191 Å². The van der Waals surface area contributed by atoms with Gasteiger partial charge in [0, 0.05) is 24.0 Å². The van der Waals surface area contributed by atoms with Gasteiger partial charge in [-0.3, -0.25) is 14.3 Å². The molecule has 174 valence electrons. The van der Waals surface area contributed by atoms with Crippen LogP contribution in [0.15, 0.2) is 53.9 Å². The number of aromatic nitrogens is 4. The van der Waals surface area contributed by atoms with Gasteiger partial charge < -0.3 is 5.32 Å². The molecule has 1 aliphatic rings. The summed E-state index contributed by atoms with van der Waals surface area (Å²) < 4.78 is 64.4. The SMILES string of the molecule is O=C(CSc1nnc(-c2cccnc2)n1-c1cccc(C(F)(F)F)c1)NC1CCS(=O)(=O)C1. The first-order chi connectivity index (χ1) is 15.6. The highest BCUT2D eigenvalue weighted by atomic mass is 32.2. The minimum atomic E-state index is -4.53. The van der Waals surface area contributed by atoms with Gasteiger partial charge in [-0.1, -0.05) is 17.8 Å². The van der Waals surface area contributed by atoms with Crippen LogP contribution in [0.25, 0.3) is 17.1 Å². The molecule has 8 nitrogen and oxygen atoms in total. The molecule has 1 saturated heterocycles. The van der Waals surface area contributed by atoms with Crippen molar-refractivity contribution in [2.75, 3.05) is 17.3 Å². The largest absolute Gasteiger partial charge is 0.416 e. The van der Waals surface area contributed by atoms with E-state index in [9.17, 15) is 26.4 Å². The molecule has 1 fully saturated rings. The number of pyridine rings is 1. The van der Waals surface area contributed by atoms with Gasteiger partial charge >= 0.3 is 6.18 Å². The number of carbonyl (C=O) groups is 1. The molecular weight excluding hydrogens is 479 g/mol. The van der Waals surface area contributed by atoms with Crippen LogP contribution >= 0.6 is 11.8 Å². The lowest BCUT2D eigenvalue weighted by atomic mass is 10.2. The molecule has 33 heavy (non-hydrogen) atoms. The Hall–Kier alpha value is -2.93. The van der Waals surface area contributed by atoms with Gasteiger partial charge in [0.25, 0.3) is 0 Å². The molecule has 1 N–H and O–H groups in total. The van der Waals surface area contributed by atoms with E-state index in [1.807, 2.05) is 0 Å². The lowest BCUT2D eigenvalue weighted by Crippen LogP contribution is -2.36. The molecule has 0 aliphatic carbocycles.